The van der Waals surface area contributed by atoms with E-state index in [1.54, 1.807) is 0 Å². The van der Waals surface area contributed by atoms with Crippen molar-refractivity contribution in [2.24, 2.45) is 0 Å². The number of carbonyl (C=O) groups excluding carboxylic acids is 1. The van der Waals surface area contributed by atoms with E-state index < -0.39 is 86.8 Å². The highest BCUT2D eigenvalue weighted by molar-refractivity contribution is 5.76. The van der Waals surface area contributed by atoms with Gasteiger partial charge in [-0.2, -0.15) is 0 Å². The van der Waals surface area contributed by atoms with Gasteiger partial charge in [0.1, 0.15) is 48.8 Å². The van der Waals surface area contributed by atoms with E-state index in [1.807, 2.05) is 0 Å². The van der Waals surface area contributed by atoms with Crippen LogP contribution in [0.3, 0.4) is 0 Å². The number of aliphatic hydroxyl groups is 8. The van der Waals surface area contributed by atoms with Crippen LogP contribution in [0, 0.1) is 0 Å². The number of nitrogens with one attached hydrogen (secondary N) is 1. The van der Waals surface area contributed by atoms with Crippen molar-refractivity contribution in [1.82, 2.24) is 5.32 Å². The minimum Gasteiger partial charge on any atom is -0.394 e. The predicted octanol–water partition coefficient (Wildman–Crippen LogP) is 10.9. The standard InChI is InChI=1S/C63H113NO13/c1-3-5-7-9-11-13-15-17-19-21-22-23-24-25-26-27-28-29-31-32-34-36-38-40-42-44-46-52(67)51(64-55(68)47-45-43-41-39-37-35-33-30-20-18-16-14-12-10-8-6-4-2)50-74-62-60(73)58(71)61(54(49-66)76-62)77-63-59(72)57(70)56(69)53(48-65)75-63/h6,8,12,14,18,20,33,35,39,41,51-54,56-63,65-67,69-73H,3-5,7,9-11,13,15-17,19,21-32,34,36-38,40,42-50H2,1-2H3,(H,64,68)/b8-6-,14-12-,20-18-,35-33-,41-39-. The number of unbranched alkanes of at least 4 members (excludes halogenated alkanes) is 26. The average Bonchev–Trinajstić information content (AvgIpc) is 3.44. The second-order valence-corrected chi connectivity index (χ2v) is 21.8. The van der Waals surface area contributed by atoms with Crippen molar-refractivity contribution in [2.45, 2.75) is 312 Å². The Balaban J connectivity index is 1.73. The Labute approximate surface area is 466 Å². The third kappa shape index (κ3) is 33.9. The number of hydrogen-bond donors (Lipinski definition) is 9. The van der Waals surface area contributed by atoms with Crippen LogP contribution >= 0.6 is 0 Å². The van der Waals surface area contributed by atoms with Crippen LogP contribution in [0.15, 0.2) is 60.8 Å². The summed E-state index contributed by atoms with van der Waals surface area (Å²) in [6.45, 7) is 2.72. The van der Waals surface area contributed by atoms with Gasteiger partial charge in [0.05, 0.1) is 32.0 Å². The first-order valence-corrected chi connectivity index (χ1v) is 31.0. The van der Waals surface area contributed by atoms with Gasteiger partial charge >= 0.3 is 0 Å². The van der Waals surface area contributed by atoms with Crippen LogP contribution in [0.1, 0.15) is 239 Å². The Kier molecular flexibility index (Phi) is 44.5. The topological polar surface area (TPSA) is 228 Å². The summed E-state index contributed by atoms with van der Waals surface area (Å²) >= 11 is 0. The van der Waals surface area contributed by atoms with Crippen molar-refractivity contribution in [2.75, 3.05) is 19.8 Å². The van der Waals surface area contributed by atoms with Crippen molar-refractivity contribution in [3.63, 3.8) is 0 Å². The number of rotatable bonds is 49. The molecule has 0 aromatic carbocycles. The average molecular weight is 1090 g/mol. The quantitative estimate of drug-likeness (QED) is 0.0204. The molecule has 1 amide bonds. The zero-order valence-electron chi connectivity index (χ0n) is 48.2. The maximum absolute atomic E-state index is 13.2. The van der Waals surface area contributed by atoms with Gasteiger partial charge in [-0.05, 0) is 51.4 Å². The van der Waals surface area contributed by atoms with Gasteiger partial charge in [0.2, 0.25) is 5.91 Å². The molecule has 0 aromatic heterocycles. The molecule has 12 atom stereocenters. The van der Waals surface area contributed by atoms with E-state index in [2.05, 4.69) is 79.9 Å². The molecule has 12 unspecified atom stereocenters. The second-order valence-electron chi connectivity index (χ2n) is 21.8. The first-order chi connectivity index (χ1) is 37.6. The molecule has 0 saturated carbocycles. The number of carbonyl (C=O) groups is 1. The minimum atomic E-state index is -1.79. The summed E-state index contributed by atoms with van der Waals surface area (Å²) < 4.78 is 22.8. The molecule has 9 N–H and O–H groups in total. The van der Waals surface area contributed by atoms with Crippen molar-refractivity contribution in [3.8, 4) is 0 Å². The zero-order chi connectivity index (χ0) is 56.0. The van der Waals surface area contributed by atoms with E-state index in [1.165, 1.54) is 141 Å². The summed E-state index contributed by atoms with van der Waals surface area (Å²) in [5.41, 5.74) is 0. The summed E-state index contributed by atoms with van der Waals surface area (Å²) in [5, 5.41) is 87.3. The molecule has 2 heterocycles. The number of allylic oxidation sites excluding steroid dienone is 10. The molecule has 77 heavy (non-hydrogen) atoms. The monoisotopic (exact) mass is 1090 g/mol. The van der Waals surface area contributed by atoms with Crippen LogP contribution in [0.25, 0.3) is 0 Å². The lowest BCUT2D eigenvalue weighted by molar-refractivity contribution is -0.359. The summed E-state index contributed by atoms with van der Waals surface area (Å²) in [4.78, 5) is 13.2. The normalized spacial score (nSPS) is 25.1. The highest BCUT2D eigenvalue weighted by atomic mass is 16.7. The van der Waals surface area contributed by atoms with Gasteiger partial charge in [-0.1, -0.05) is 242 Å². The molecule has 0 aliphatic carbocycles. The van der Waals surface area contributed by atoms with Crippen molar-refractivity contribution in [1.29, 1.82) is 0 Å². The van der Waals surface area contributed by atoms with Gasteiger partial charge in [0.15, 0.2) is 12.6 Å². The van der Waals surface area contributed by atoms with Gasteiger partial charge in [0.25, 0.3) is 0 Å². The molecule has 14 nitrogen and oxygen atoms in total. The van der Waals surface area contributed by atoms with E-state index in [-0.39, 0.29) is 18.9 Å². The molecule has 14 heteroatoms. The van der Waals surface area contributed by atoms with E-state index in [0.717, 1.165) is 57.8 Å². The lowest BCUT2D eigenvalue weighted by atomic mass is 9.97. The van der Waals surface area contributed by atoms with Gasteiger partial charge in [-0.25, -0.2) is 0 Å². The Morgan fingerprint density at radius 1 is 0.481 bits per heavy atom. The third-order valence-corrected chi connectivity index (χ3v) is 15.0. The Bertz CT molecular complexity index is 1520. The number of amides is 1. The third-order valence-electron chi connectivity index (χ3n) is 15.0. The van der Waals surface area contributed by atoms with E-state index >= 15 is 0 Å². The molecule has 0 bridgehead atoms. The maximum atomic E-state index is 13.2. The van der Waals surface area contributed by atoms with Crippen LogP contribution in [0.4, 0.5) is 0 Å². The molecule has 0 spiro atoms. The van der Waals surface area contributed by atoms with Crippen LogP contribution in [-0.4, -0.2) is 140 Å². The van der Waals surface area contributed by atoms with E-state index in [0.29, 0.717) is 19.3 Å². The fourth-order valence-corrected chi connectivity index (χ4v) is 10.0. The Hall–Kier alpha value is -2.31. The van der Waals surface area contributed by atoms with Gasteiger partial charge < -0.3 is 65.1 Å². The van der Waals surface area contributed by atoms with Crippen molar-refractivity contribution < 1.29 is 64.6 Å². The molecule has 2 fully saturated rings. The SMILES string of the molecule is CC/C=C\C/C=C\C/C=C\C/C=C\C/C=C\CCCC(=O)NC(COC1OC(CO)C(OC2OC(CO)C(O)C(O)C2O)C(O)C1O)C(O)CCCCCCCCCCCCCCCCCCCCCCCCCCCC. The smallest absolute Gasteiger partial charge is 0.220 e. The van der Waals surface area contributed by atoms with Crippen LogP contribution < -0.4 is 5.32 Å². The van der Waals surface area contributed by atoms with Crippen LogP contribution in [-0.2, 0) is 23.7 Å². The summed E-state index contributed by atoms with van der Waals surface area (Å²) in [5.74, 6) is -0.263. The van der Waals surface area contributed by atoms with Gasteiger partial charge in [-0.3, -0.25) is 4.79 Å². The largest absolute Gasteiger partial charge is 0.394 e. The van der Waals surface area contributed by atoms with E-state index in [4.69, 9.17) is 18.9 Å². The highest BCUT2D eigenvalue weighted by Crippen LogP contribution is 2.30. The van der Waals surface area contributed by atoms with E-state index in [9.17, 15) is 45.6 Å². The number of ether oxygens (including phenoxy) is 4. The molecule has 2 aliphatic rings. The number of aliphatic hydroxyl groups excluding tert-OH is 8. The summed E-state index contributed by atoms with van der Waals surface area (Å²) in [6.07, 6.45) is 45.2. The molecule has 448 valence electrons. The van der Waals surface area contributed by atoms with Gasteiger partial charge in [0, 0.05) is 6.42 Å². The number of hydrogen-bond acceptors (Lipinski definition) is 13. The molecular weight excluding hydrogens is 979 g/mol. The minimum absolute atomic E-state index is 0.224. The molecule has 2 aliphatic heterocycles. The van der Waals surface area contributed by atoms with Crippen molar-refractivity contribution in [3.05, 3.63) is 60.8 Å². The second kappa shape index (κ2) is 48.4. The van der Waals surface area contributed by atoms with Crippen molar-refractivity contribution >= 4 is 5.91 Å². The zero-order valence-corrected chi connectivity index (χ0v) is 48.2. The predicted molar refractivity (Wildman–Crippen MR) is 309 cm³/mol. The Morgan fingerprint density at radius 3 is 1.32 bits per heavy atom. The fraction of sp³-hybridized carbons (Fsp3) is 0.825. The molecule has 0 aromatic rings. The van der Waals surface area contributed by atoms with Gasteiger partial charge in [-0.15, -0.1) is 0 Å². The summed E-state index contributed by atoms with van der Waals surface area (Å²) in [6, 6.07) is -0.862. The Morgan fingerprint density at radius 2 is 0.883 bits per heavy atom. The molecule has 2 rings (SSSR count). The lowest BCUT2D eigenvalue weighted by Crippen LogP contribution is -2.65. The fourth-order valence-electron chi connectivity index (χ4n) is 10.0. The first-order valence-electron chi connectivity index (χ1n) is 31.0. The lowest BCUT2D eigenvalue weighted by Gasteiger charge is -2.46. The molecule has 2 saturated heterocycles. The summed E-state index contributed by atoms with van der Waals surface area (Å²) in [7, 11) is 0. The molecular formula is C63H113NO13. The van der Waals surface area contributed by atoms with Crippen LogP contribution in [0.2, 0.25) is 0 Å². The van der Waals surface area contributed by atoms with Crippen LogP contribution in [0.5, 0.6) is 0 Å². The molecule has 0 radical (unpaired) electrons. The maximum Gasteiger partial charge on any atom is 0.220 e. The first kappa shape index (κ1) is 70.8. The highest BCUT2D eigenvalue weighted by Gasteiger charge is 2.51.